The predicted octanol–water partition coefficient (Wildman–Crippen LogP) is 3.78. The fourth-order valence-electron chi connectivity index (χ4n) is 2.93. The molecular formula is C20H22Br2N2O3. The standard InChI is InChI=1S/C20H22Br2N2O3/c21-16-6-7-19(17(22)12-16)27-14-20(25)23-18(15-4-2-1-3-5-15)13-24-8-10-26-11-9-24/h1-7,12,18H,8-11,13-14H2,(H,23,25). The second kappa shape index (κ2) is 10.2. The fraction of sp³-hybridized carbons (Fsp3) is 0.350. The number of ether oxygens (including phenoxy) is 2. The van der Waals surface area contributed by atoms with E-state index in [1.165, 1.54) is 0 Å². The van der Waals surface area contributed by atoms with E-state index in [2.05, 4.69) is 42.1 Å². The van der Waals surface area contributed by atoms with Crippen LogP contribution in [-0.2, 0) is 9.53 Å². The van der Waals surface area contributed by atoms with Crippen molar-refractivity contribution in [1.29, 1.82) is 0 Å². The molecule has 1 atom stereocenters. The zero-order valence-corrected chi connectivity index (χ0v) is 18.0. The second-order valence-electron chi connectivity index (χ2n) is 6.31. The Hall–Kier alpha value is -1.41. The third kappa shape index (κ3) is 6.31. The molecule has 3 rings (SSSR count). The number of nitrogens with zero attached hydrogens (tertiary/aromatic N) is 1. The molecule has 1 N–H and O–H groups in total. The van der Waals surface area contributed by atoms with Crippen LogP contribution in [0.2, 0.25) is 0 Å². The van der Waals surface area contributed by atoms with Gasteiger partial charge in [-0.2, -0.15) is 0 Å². The number of carbonyl (C=O) groups excluding carboxylic acids is 1. The molecule has 2 aromatic carbocycles. The van der Waals surface area contributed by atoms with Crippen LogP contribution in [-0.4, -0.2) is 50.3 Å². The highest BCUT2D eigenvalue weighted by atomic mass is 79.9. The van der Waals surface area contributed by atoms with Crippen LogP contribution in [0, 0.1) is 0 Å². The number of morpholine rings is 1. The van der Waals surface area contributed by atoms with Gasteiger partial charge >= 0.3 is 0 Å². The lowest BCUT2D eigenvalue weighted by molar-refractivity contribution is -0.124. The Morgan fingerprint density at radius 1 is 1.15 bits per heavy atom. The van der Waals surface area contributed by atoms with Crippen molar-refractivity contribution in [1.82, 2.24) is 10.2 Å². The summed E-state index contributed by atoms with van der Waals surface area (Å²) in [7, 11) is 0. The average molecular weight is 498 g/mol. The number of rotatable bonds is 7. The van der Waals surface area contributed by atoms with Gasteiger partial charge in [0, 0.05) is 24.1 Å². The predicted molar refractivity (Wildman–Crippen MR) is 112 cm³/mol. The molecular weight excluding hydrogens is 476 g/mol. The minimum Gasteiger partial charge on any atom is -0.483 e. The quantitative estimate of drug-likeness (QED) is 0.632. The molecule has 0 bridgehead atoms. The van der Waals surface area contributed by atoms with Crippen molar-refractivity contribution in [2.24, 2.45) is 0 Å². The Kier molecular flexibility index (Phi) is 7.70. The summed E-state index contributed by atoms with van der Waals surface area (Å²) in [6.45, 7) is 3.93. The maximum Gasteiger partial charge on any atom is 0.258 e. The first-order chi connectivity index (χ1) is 13.1. The third-order valence-electron chi connectivity index (χ3n) is 4.33. The van der Waals surface area contributed by atoms with Crippen molar-refractivity contribution in [3.05, 3.63) is 63.0 Å². The molecule has 2 aromatic rings. The Morgan fingerprint density at radius 3 is 2.59 bits per heavy atom. The molecule has 1 unspecified atom stereocenters. The molecule has 0 aromatic heterocycles. The van der Waals surface area contributed by atoms with Crippen molar-refractivity contribution in [3.63, 3.8) is 0 Å². The molecule has 0 spiro atoms. The highest BCUT2D eigenvalue weighted by Crippen LogP contribution is 2.28. The molecule has 1 aliphatic heterocycles. The van der Waals surface area contributed by atoms with Crippen LogP contribution in [0.5, 0.6) is 5.75 Å². The lowest BCUT2D eigenvalue weighted by Gasteiger charge is -2.31. The van der Waals surface area contributed by atoms with Gasteiger partial charge in [-0.05, 0) is 39.7 Å². The molecule has 7 heteroatoms. The summed E-state index contributed by atoms with van der Waals surface area (Å²) in [6.07, 6.45) is 0. The Bertz CT molecular complexity index is 752. The van der Waals surface area contributed by atoms with E-state index in [0.717, 1.165) is 47.4 Å². The number of hydrogen-bond acceptors (Lipinski definition) is 4. The summed E-state index contributed by atoms with van der Waals surface area (Å²) >= 11 is 6.85. The fourth-order valence-corrected chi connectivity index (χ4v) is 4.09. The van der Waals surface area contributed by atoms with Crippen molar-refractivity contribution in [2.45, 2.75) is 6.04 Å². The van der Waals surface area contributed by atoms with Gasteiger partial charge in [0.05, 0.1) is 23.7 Å². The monoisotopic (exact) mass is 496 g/mol. The largest absolute Gasteiger partial charge is 0.483 e. The summed E-state index contributed by atoms with van der Waals surface area (Å²) in [5.41, 5.74) is 1.09. The summed E-state index contributed by atoms with van der Waals surface area (Å²) < 4.78 is 12.8. The van der Waals surface area contributed by atoms with Gasteiger partial charge in [0.2, 0.25) is 0 Å². The van der Waals surface area contributed by atoms with E-state index in [9.17, 15) is 4.79 Å². The van der Waals surface area contributed by atoms with E-state index in [4.69, 9.17) is 9.47 Å². The first-order valence-electron chi connectivity index (χ1n) is 8.84. The van der Waals surface area contributed by atoms with Crippen molar-refractivity contribution in [2.75, 3.05) is 39.5 Å². The van der Waals surface area contributed by atoms with Crippen LogP contribution in [0.4, 0.5) is 0 Å². The number of benzene rings is 2. The topological polar surface area (TPSA) is 50.8 Å². The van der Waals surface area contributed by atoms with Gasteiger partial charge in [-0.3, -0.25) is 9.69 Å². The SMILES string of the molecule is O=C(COc1ccc(Br)cc1Br)NC(CN1CCOCC1)c1ccccc1. The minimum atomic E-state index is -0.146. The van der Waals surface area contributed by atoms with Crippen molar-refractivity contribution < 1.29 is 14.3 Å². The van der Waals surface area contributed by atoms with Gasteiger partial charge in [0.25, 0.3) is 5.91 Å². The molecule has 0 saturated carbocycles. The summed E-state index contributed by atoms with van der Waals surface area (Å²) in [4.78, 5) is 14.8. The van der Waals surface area contributed by atoms with Gasteiger partial charge in [-0.15, -0.1) is 0 Å². The maximum atomic E-state index is 12.5. The van der Waals surface area contributed by atoms with E-state index in [1.54, 1.807) is 0 Å². The molecule has 144 valence electrons. The maximum absolute atomic E-state index is 12.5. The Morgan fingerprint density at radius 2 is 1.89 bits per heavy atom. The number of amides is 1. The van der Waals surface area contributed by atoms with Crippen LogP contribution in [0.25, 0.3) is 0 Å². The zero-order valence-electron chi connectivity index (χ0n) is 14.9. The number of carbonyl (C=O) groups is 1. The van der Waals surface area contributed by atoms with Crippen LogP contribution in [0.15, 0.2) is 57.5 Å². The van der Waals surface area contributed by atoms with Crippen LogP contribution in [0.3, 0.4) is 0 Å². The van der Waals surface area contributed by atoms with Gasteiger partial charge in [0.15, 0.2) is 6.61 Å². The first kappa shape index (κ1) is 20.3. The second-order valence-corrected chi connectivity index (χ2v) is 8.08. The van der Waals surface area contributed by atoms with E-state index >= 15 is 0 Å². The van der Waals surface area contributed by atoms with Crippen molar-refractivity contribution >= 4 is 37.8 Å². The van der Waals surface area contributed by atoms with Crippen LogP contribution >= 0.6 is 31.9 Å². The van der Waals surface area contributed by atoms with E-state index in [-0.39, 0.29) is 18.6 Å². The van der Waals surface area contributed by atoms with Gasteiger partial charge in [-0.1, -0.05) is 46.3 Å². The molecule has 0 radical (unpaired) electrons. The van der Waals surface area contributed by atoms with Gasteiger partial charge in [0.1, 0.15) is 5.75 Å². The Balaban J connectivity index is 1.61. The van der Waals surface area contributed by atoms with Crippen LogP contribution < -0.4 is 10.1 Å². The first-order valence-corrected chi connectivity index (χ1v) is 10.4. The highest BCUT2D eigenvalue weighted by molar-refractivity contribution is 9.11. The Labute approximate surface area is 176 Å². The molecule has 1 aliphatic rings. The summed E-state index contributed by atoms with van der Waals surface area (Å²) in [5.74, 6) is 0.490. The summed E-state index contributed by atoms with van der Waals surface area (Å²) in [6, 6.07) is 15.5. The molecule has 1 fully saturated rings. The normalized spacial score (nSPS) is 15.9. The van der Waals surface area contributed by atoms with Gasteiger partial charge in [-0.25, -0.2) is 0 Å². The molecule has 1 amide bonds. The van der Waals surface area contributed by atoms with Gasteiger partial charge < -0.3 is 14.8 Å². The molecule has 0 aliphatic carbocycles. The highest BCUT2D eigenvalue weighted by Gasteiger charge is 2.20. The lowest BCUT2D eigenvalue weighted by atomic mass is 10.1. The average Bonchev–Trinajstić information content (AvgIpc) is 2.68. The van der Waals surface area contributed by atoms with Crippen LogP contribution in [0.1, 0.15) is 11.6 Å². The van der Waals surface area contributed by atoms with E-state index < -0.39 is 0 Å². The minimum absolute atomic E-state index is 0.0350. The lowest BCUT2D eigenvalue weighted by Crippen LogP contribution is -2.44. The number of hydrogen-bond donors (Lipinski definition) is 1. The zero-order chi connectivity index (χ0) is 19.1. The smallest absolute Gasteiger partial charge is 0.258 e. The molecule has 5 nitrogen and oxygen atoms in total. The molecule has 27 heavy (non-hydrogen) atoms. The molecule has 1 saturated heterocycles. The van der Waals surface area contributed by atoms with Crippen molar-refractivity contribution in [3.8, 4) is 5.75 Å². The van der Waals surface area contributed by atoms with E-state index in [0.29, 0.717) is 5.75 Å². The third-order valence-corrected chi connectivity index (χ3v) is 5.45. The number of nitrogens with one attached hydrogen (secondary N) is 1. The number of halogens is 2. The summed E-state index contributed by atoms with van der Waals surface area (Å²) in [5, 5.41) is 3.11. The van der Waals surface area contributed by atoms with E-state index in [1.807, 2.05) is 48.5 Å². The molecule has 1 heterocycles.